The second kappa shape index (κ2) is 6.10. The number of hydrogen-bond acceptors (Lipinski definition) is 5. The van der Waals surface area contributed by atoms with Crippen molar-refractivity contribution in [2.24, 2.45) is 0 Å². The first-order valence-electron chi connectivity index (χ1n) is 7.43. The SMILES string of the molecule is Cc1csc(N2CCN(C(=O)C3CCCCN3)CC2)n1. The molecule has 1 unspecified atom stereocenters. The molecule has 2 saturated heterocycles. The van der Waals surface area contributed by atoms with Gasteiger partial charge in [0.2, 0.25) is 5.91 Å². The van der Waals surface area contributed by atoms with E-state index in [-0.39, 0.29) is 6.04 Å². The van der Waals surface area contributed by atoms with Gasteiger partial charge in [-0.3, -0.25) is 4.79 Å². The third kappa shape index (κ3) is 2.96. The van der Waals surface area contributed by atoms with Gasteiger partial charge < -0.3 is 15.1 Å². The van der Waals surface area contributed by atoms with E-state index >= 15 is 0 Å². The summed E-state index contributed by atoms with van der Waals surface area (Å²) in [5.74, 6) is 0.291. The summed E-state index contributed by atoms with van der Waals surface area (Å²) >= 11 is 1.69. The normalized spacial score (nSPS) is 23.9. The van der Waals surface area contributed by atoms with E-state index in [0.29, 0.717) is 5.91 Å². The maximum atomic E-state index is 12.4. The van der Waals surface area contributed by atoms with Gasteiger partial charge in [-0.15, -0.1) is 11.3 Å². The van der Waals surface area contributed by atoms with Crippen LogP contribution in [0.5, 0.6) is 0 Å². The third-order valence-corrected chi connectivity index (χ3v) is 5.10. The number of nitrogens with one attached hydrogen (secondary N) is 1. The molecule has 1 N–H and O–H groups in total. The zero-order valence-corrected chi connectivity index (χ0v) is 12.8. The molecule has 2 aliphatic heterocycles. The zero-order chi connectivity index (χ0) is 13.9. The van der Waals surface area contributed by atoms with Crippen molar-refractivity contribution in [3.8, 4) is 0 Å². The molecular weight excluding hydrogens is 272 g/mol. The maximum Gasteiger partial charge on any atom is 0.239 e. The number of aromatic nitrogens is 1. The Balaban J connectivity index is 1.54. The number of piperidine rings is 1. The van der Waals surface area contributed by atoms with Gasteiger partial charge in [-0.1, -0.05) is 6.42 Å². The first kappa shape index (κ1) is 13.8. The van der Waals surface area contributed by atoms with Crippen LogP contribution >= 0.6 is 11.3 Å². The van der Waals surface area contributed by atoms with Crippen LogP contribution in [0.2, 0.25) is 0 Å². The monoisotopic (exact) mass is 294 g/mol. The predicted octanol–water partition coefficient (Wildman–Crippen LogP) is 1.24. The van der Waals surface area contributed by atoms with Crippen molar-refractivity contribution in [2.75, 3.05) is 37.6 Å². The Morgan fingerprint density at radius 3 is 2.75 bits per heavy atom. The average Bonchev–Trinajstić information content (AvgIpc) is 2.94. The van der Waals surface area contributed by atoms with Crippen LogP contribution in [0.15, 0.2) is 5.38 Å². The molecule has 2 fully saturated rings. The highest BCUT2D eigenvalue weighted by Gasteiger charge is 2.28. The molecule has 3 heterocycles. The minimum Gasteiger partial charge on any atom is -0.345 e. The Morgan fingerprint density at radius 2 is 2.15 bits per heavy atom. The summed E-state index contributed by atoms with van der Waals surface area (Å²) in [6, 6.07) is 0.0532. The number of carbonyl (C=O) groups is 1. The van der Waals surface area contributed by atoms with Crippen molar-refractivity contribution in [1.82, 2.24) is 15.2 Å². The van der Waals surface area contributed by atoms with Crippen molar-refractivity contribution in [3.63, 3.8) is 0 Å². The number of hydrogen-bond donors (Lipinski definition) is 1. The van der Waals surface area contributed by atoms with Crippen molar-refractivity contribution in [3.05, 3.63) is 11.1 Å². The van der Waals surface area contributed by atoms with Crippen LogP contribution in [-0.2, 0) is 4.79 Å². The number of anilines is 1. The van der Waals surface area contributed by atoms with Crippen molar-refractivity contribution < 1.29 is 4.79 Å². The van der Waals surface area contributed by atoms with Crippen LogP contribution in [0.3, 0.4) is 0 Å². The highest BCUT2D eigenvalue weighted by molar-refractivity contribution is 7.13. The minimum absolute atomic E-state index is 0.0532. The molecule has 1 amide bonds. The van der Waals surface area contributed by atoms with Crippen LogP contribution < -0.4 is 10.2 Å². The molecule has 0 spiro atoms. The van der Waals surface area contributed by atoms with E-state index in [4.69, 9.17) is 0 Å². The van der Waals surface area contributed by atoms with E-state index in [1.165, 1.54) is 12.8 Å². The number of carbonyl (C=O) groups excluding carboxylic acids is 1. The minimum atomic E-state index is 0.0532. The van der Waals surface area contributed by atoms with Gasteiger partial charge in [-0.25, -0.2) is 4.98 Å². The van der Waals surface area contributed by atoms with Crippen molar-refractivity contribution in [1.29, 1.82) is 0 Å². The first-order valence-corrected chi connectivity index (χ1v) is 8.31. The van der Waals surface area contributed by atoms with Crippen LogP contribution in [-0.4, -0.2) is 54.6 Å². The second-order valence-corrected chi connectivity index (χ2v) is 6.42. The fraction of sp³-hybridized carbons (Fsp3) is 0.714. The molecule has 1 aromatic heterocycles. The molecule has 6 heteroatoms. The Kier molecular flexibility index (Phi) is 4.21. The first-order chi connectivity index (χ1) is 9.74. The summed E-state index contributed by atoms with van der Waals surface area (Å²) in [5, 5.41) is 6.52. The largest absolute Gasteiger partial charge is 0.345 e. The molecule has 5 nitrogen and oxygen atoms in total. The second-order valence-electron chi connectivity index (χ2n) is 5.59. The lowest BCUT2D eigenvalue weighted by Gasteiger charge is -2.37. The Morgan fingerprint density at radius 1 is 1.35 bits per heavy atom. The van der Waals surface area contributed by atoms with Gasteiger partial charge in [0.25, 0.3) is 0 Å². The summed E-state index contributed by atoms with van der Waals surface area (Å²) in [6.07, 6.45) is 3.35. The van der Waals surface area contributed by atoms with E-state index in [2.05, 4.69) is 20.6 Å². The quantitative estimate of drug-likeness (QED) is 0.891. The number of aryl methyl sites for hydroxylation is 1. The van der Waals surface area contributed by atoms with E-state index in [1.807, 2.05) is 11.8 Å². The van der Waals surface area contributed by atoms with Crippen LogP contribution in [0.1, 0.15) is 25.0 Å². The summed E-state index contributed by atoms with van der Waals surface area (Å²) in [7, 11) is 0. The smallest absolute Gasteiger partial charge is 0.239 e. The molecule has 1 atom stereocenters. The van der Waals surface area contributed by atoms with E-state index < -0.39 is 0 Å². The molecule has 0 aliphatic carbocycles. The number of thiazole rings is 1. The lowest BCUT2D eigenvalue weighted by molar-refractivity contribution is -0.134. The topological polar surface area (TPSA) is 48.5 Å². The summed E-state index contributed by atoms with van der Waals surface area (Å²) in [5.41, 5.74) is 1.08. The van der Waals surface area contributed by atoms with Gasteiger partial charge in [0.05, 0.1) is 11.7 Å². The number of piperazine rings is 1. The molecule has 0 saturated carbocycles. The van der Waals surface area contributed by atoms with Crippen molar-refractivity contribution >= 4 is 22.4 Å². The highest BCUT2D eigenvalue weighted by atomic mass is 32.1. The fourth-order valence-electron chi connectivity index (χ4n) is 2.89. The number of rotatable bonds is 2. The number of amides is 1. The van der Waals surface area contributed by atoms with Gasteiger partial charge in [0.1, 0.15) is 0 Å². The van der Waals surface area contributed by atoms with E-state index in [9.17, 15) is 4.79 Å². The Bertz CT molecular complexity index is 461. The van der Waals surface area contributed by atoms with Gasteiger partial charge in [0.15, 0.2) is 5.13 Å². The third-order valence-electron chi connectivity index (χ3n) is 4.08. The number of nitrogens with zero attached hydrogens (tertiary/aromatic N) is 3. The summed E-state index contributed by atoms with van der Waals surface area (Å²) < 4.78 is 0. The van der Waals surface area contributed by atoms with E-state index in [0.717, 1.165) is 50.0 Å². The van der Waals surface area contributed by atoms with Gasteiger partial charge in [-0.2, -0.15) is 0 Å². The van der Waals surface area contributed by atoms with Gasteiger partial charge in [0, 0.05) is 31.6 Å². The zero-order valence-electron chi connectivity index (χ0n) is 12.0. The summed E-state index contributed by atoms with van der Waals surface area (Å²) in [6.45, 7) is 6.42. The van der Waals surface area contributed by atoms with Crippen LogP contribution in [0.4, 0.5) is 5.13 Å². The Labute approximate surface area is 124 Å². The fourth-order valence-corrected chi connectivity index (χ4v) is 3.74. The Hall–Kier alpha value is -1.14. The standard InChI is InChI=1S/C14H22N4OS/c1-11-10-20-14(16-11)18-8-6-17(7-9-18)13(19)12-4-2-3-5-15-12/h10,12,15H,2-9H2,1H3. The molecule has 2 aliphatic rings. The lowest BCUT2D eigenvalue weighted by Crippen LogP contribution is -2.55. The average molecular weight is 294 g/mol. The van der Waals surface area contributed by atoms with Gasteiger partial charge in [-0.05, 0) is 26.3 Å². The summed E-state index contributed by atoms with van der Waals surface area (Å²) in [4.78, 5) is 21.3. The van der Waals surface area contributed by atoms with Crippen LogP contribution in [0.25, 0.3) is 0 Å². The molecule has 110 valence electrons. The van der Waals surface area contributed by atoms with E-state index in [1.54, 1.807) is 11.3 Å². The van der Waals surface area contributed by atoms with Crippen molar-refractivity contribution in [2.45, 2.75) is 32.2 Å². The molecule has 0 radical (unpaired) electrons. The molecule has 20 heavy (non-hydrogen) atoms. The molecule has 0 bridgehead atoms. The van der Waals surface area contributed by atoms with Gasteiger partial charge >= 0.3 is 0 Å². The highest BCUT2D eigenvalue weighted by Crippen LogP contribution is 2.21. The predicted molar refractivity (Wildman–Crippen MR) is 81.3 cm³/mol. The lowest BCUT2D eigenvalue weighted by atomic mass is 10.0. The van der Waals surface area contributed by atoms with Crippen LogP contribution in [0, 0.1) is 6.92 Å². The molecule has 0 aromatic carbocycles. The molecule has 1 aromatic rings. The molecular formula is C14H22N4OS. The maximum absolute atomic E-state index is 12.4. The molecule has 3 rings (SSSR count).